The van der Waals surface area contributed by atoms with E-state index in [1.54, 1.807) is 30.4 Å². The van der Waals surface area contributed by atoms with Crippen LogP contribution in [0.2, 0.25) is 0 Å². The van der Waals surface area contributed by atoms with Gasteiger partial charge in [-0.1, -0.05) is 42.5 Å². The topological polar surface area (TPSA) is 98.0 Å². The minimum absolute atomic E-state index is 0.130. The first-order valence-electron chi connectivity index (χ1n) is 10.2. The third-order valence-corrected chi connectivity index (χ3v) is 5.48. The van der Waals surface area contributed by atoms with Crippen molar-refractivity contribution in [2.45, 2.75) is 63.3 Å². The summed E-state index contributed by atoms with van der Waals surface area (Å²) in [4.78, 5) is 10.5. The second kappa shape index (κ2) is 11.9. The number of aliphatic carboxylic acids is 1. The Bertz CT molecular complexity index is 702. The molecule has 1 aliphatic carbocycles. The summed E-state index contributed by atoms with van der Waals surface area (Å²) in [6.45, 7) is 0. The third kappa shape index (κ3) is 7.72. The Morgan fingerprint density at radius 3 is 2.69 bits per heavy atom. The Morgan fingerprint density at radius 1 is 1.21 bits per heavy atom. The van der Waals surface area contributed by atoms with E-state index < -0.39 is 24.3 Å². The highest BCUT2D eigenvalue weighted by atomic mass is 19.1. The second-order valence-electron chi connectivity index (χ2n) is 7.69. The molecular weight excluding hydrogens is 375 g/mol. The molecule has 0 unspecified atom stereocenters. The Balaban J connectivity index is 1.84. The molecule has 5 atom stereocenters. The van der Waals surface area contributed by atoms with E-state index in [1.807, 2.05) is 12.2 Å². The number of carbonyl (C=O) groups is 1. The molecule has 0 bridgehead atoms. The van der Waals surface area contributed by atoms with E-state index >= 15 is 0 Å². The maximum absolute atomic E-state index is 13.7. The summed E-state index contributed by atoms with van der Waals surface area (Å²) in [5, 5.41) is 39.3. The number of aliphatic hydroxyl groups is 3. The van der Waals surface area contributed by atoms with E-state index in [2.05, 4.69) is 0 Å². The third-order valence-electron chi connectivity index (χ3n) is 5.48. The van der Waals surface area contributed by atoms with Crippen molar-refractivity contribution in [3.8, 4) is 0 Å². The molecule has 1 fully saturated rings. The molecule has 0 spiro atoms. The van der Waals surface area contributed by atoms with Gasteiger partial charge in [-0.3, -0.25) is 4.79 Å². The fourth-order valence-electron chi connectivity index (χ4n) is 3.81. The van der Waals surface area contributed by atoms with Gasteiger partial charge in [0.15, 0.2) is 0 Å². The van der Waals surface area contributed by atoms with Gasteiger partial charge in [0.2, 0.25) is 0 Å². The highest BCUT2D eigenvalue weighted by Crippen LogP contribution is 2.36. The van der Waals surface area contributed by atoms with E-state index in [0.717, 1.165) is 0 Å². The highest BCUT2D eigenvalue weighted by molar-refractivity contribution is 5.66. The van der Waals surface area contributed by atoms with Crippen molar-refractivity contribution >= 4 is 5.97 Å². The summed E-state index contributed by atoms with van der Waals surface area (Å²) < 4.78 is 13.7. The molecule has 4 N–H and O–H groups in total. The lowest BCUT2D eigenvalue weighted by atomic mass is 9.89. The maximum Gasteiger partial charge on any atom is 0.303 e. The van der Waals surface area contributed by atoms with E-state index in [9.17, 15) is 24.5 Å². The van der Waals surface area contributed by atoms with Gasteiger partial charge >= 0.3 is 5.97 Å². The van der Waals surface area contributed by atoms with Crippen molar-refractivity contribution < 1.29 is 29.6 Å². The van der Waals surface area contributed by atoms with Crippen molar-refractivity contribution in [1.82, 2.24) is 0 Å². The van der Waals surface area contributed by atoms with Crippen LogP contribution in [-0.4, -0.2) is 44.7 Å². The first-order valence-corrected chi connectivity index (χ1v) is 10.2. The number of halogens is 1. The van der Waals surface area contributed by atoms with Crippen LogP contribution >= 0.6 is 0 Å². The van der Waals surface area contributed by atoms with Crippen LogP contribution in [0.15, 0.2) is 48.6 Å². The molecule has 0 heterocycles. The molecule has 5 nitrogen and oxygen atoms in total. The molecule has 160 valence electrons. The van der Waals surface area contributed by atoms with Crippen LogP contribution in [0.4, 0.5) is 4.39 Å². The molecular formula is C23H31FO5. The zero-order chi connectivity index (χ0) is 21.2. The number of carboxylic acids is 1. The zero-order valence-electron chi connectivity index (χ0n) is 16.5. The van der Waals surface area contributed by atoms with Gasteiger partial charge in [-0.15, -0.1) is 0 Å². The summed E-state index contributed by atoms with van der Waals surface area (Å²) in [6.07, 6.45) is 8.16. The normalized spacial score (nSPS) is 25.8. The van der Waals surface area contributed by atoms with Crippen molar-refractivity contribution in [2.75, 3.05) is 0 Å². The monoisotopic (exact) mass is 406 g/mol. The minimum Gasteiger partial charge on any atom is -0.481 e. The number of rotatable bonds is 11. The predicted octanol–water partition coefficient (Wildman–Crippen LogP) is 3.23. The average molecular weight is 406 g/mol. The van der Waals surface area contributed by atoms with Gasteiger partial charge < -0.3 is 20.4 Å². The lowest BCUT2D eigenvalue weighted by Gasteiger charge is -2.19. The lowest BCUT2D eigenvalue weighted by molar-refractivity contribution is -0.137. The maximum atomic E-state index is 13.7. The SMILES string of the molecule is O=C(O)CCCC=CC[C@@H]1[C@@H](C=C[C@@H](O)CCc2ccccc2F)[C@H](O)C[C@@H]1O. The fourth-order valence-corrected chi connectivity index (χ4v) is 3.81. The summed E-state index contributed by atoms with van der Waals surface area (Å²) in [6, 6.07) is 6.48. The van der Waals surface area contributed by atoms with E-state index in [-0.39, 0.29) is 30.5 Å². The van der Waals surface area contributed by atoms with Crippen LogP contribution in [0.5, 0.6) is 0 Å². The van der Waals surface area contributed by atoms with Gasteiger partial charge in [0.1, 0.15) is 5.82 Å². The number of allylic oxidation sites excluding steroid dienone is 2. The van der Waals surface area contributed by atoms with Crippen molar-refractivity contribution in [3.63, 3.8) is 0 Å². The predicted molar refractivity (Wildman–Crippen MR) is 109 cm³/mol. The number of aliphatic hydroxyl groups excluding tert-OH is 3. The van der Waals surface area contributed by atoms with Gasteiger partial charge in [-0.2, -0.15) is 0 Å². The van der Waals surface area contributed by atoms with Crippen LogP contribution in [0, 0.1) is 17.7 Å². The van der Waals surface area contributed by atoms with Crippen LogP contribution < -0.4 is 0 Å². The van der Waals surface area contributed by atoms with Gasteiger partial charge in [-0.25, -0.2) is 4.39 Å². The molecule has 0 saturated heterocycles. The van der Waals surface area contributed by atoms with Gasteiger partial charge in [0, 0.05) is 18.8 Å². The Hall–Kier alpha value is -2.02. The van der Waals surface area contributed by atoms with Crippen molar-refractivity contribution in [2.24, 2.45) is 11.8 Å². The summed E-state index contributed by atoms with van der Waals surface area (Å²) in [5.74, 6) is -1.52. The molecule has 0 radical (unpaired) electrons. The second-order valence-corrected chi connectivity index (χ2v) is 7.69. The summed E-state index contributed by atoms with van der Waals surface area (Å²) in [7, 11) is 0. The van der Waals surface area contributed by atoms with Crippen LogP contribution in [0.1, 0.15) is 44.1 Å². The highest BCUT2D eigenvalue weighted by Gasteiger charge is 2.39. The van der Waals surface area contributed by atoms with Gasteiger partial charge in [0.25, 0.3) is 0 Å². The molecule has 29 heavy (non-hydrogen) atoms. The number of unbranched alkanes of at least 4 members (excludes halogenated alkanes) is 1. The fraction of sp³-hybridized carbons (Fsp3) is 0.522. The van der Waals surface area contributed by atoms with E-state index in [4.69, 9.17) is 5.11 Å². The van der Waals surface area contributed by atoms with Crippen molar-refractivity contribution in [3.05, 3.63) is 60.0 Å². The quantitative estimate of drug-likeness (QED) is 0.334. The Morgan fingerprint density at radius 2 is 1.97 bits per heavy atom. The number of aryl methyl sites for hydroxylation is 1. The number of carboxylic acid groups (broad SMARTS) is 1. The number of hydrogen-bond acceptors (Lipinski definition) is 4. The van der Waals surface area contributed by atoms with Crippen LogP contribution in [-0.2, 0) is 11.2 Å². The zero-order valence-corrected chi connectivity index (χ0v) is 16.5. The molecule has 0 amide bonds. The average Bonchev–Trinajstić information content (AvgIpc) is 2.94. The smallest absolute Gasteiger partial charge is 0.303 e. The van der Waals surface area contributed by atoms with Crippen molar-refractivity contribution in [1.29, 1.82) is 0 Å². The van der Waals surface area contributed by atoms with Crippen LogP contribution in [0.25, 0.3) is 0 Å². The molecule has 1 saturated carbocycles. The number of benzene rings is 1. The molecule has 1 aromatic carbocycles. The number of hydrogen-bond donors (Lipinski definition) is 4. The van der Waals surface area contributed by atoms with Crippen LogP contribution in [0.3, 0.4) is 0 Å². The Kier molecular flexibility index (Phi) is 9.51. The van der Waals surface area contributed by atoms with E-state index in [0.29, 0.717) is 37.7 Å². The molecule has 1 aromatic rings. The summed E-state index contributed by atoms with van der Waals surface area (Å²) >= 11 is 0. The molecule has 0 aromatic heterocycles. The molecule has 1 aliphatic rings. The van der Waals surface area contributed by atoms with E-state index in [1.165, 1.54) is 6.07 Å². The first kappa shape index (κ1) is 23.3. The molecule has 0 aliphatic heterocycles. The first-order chi connectivity index (χ1) is 13.9. The van der Waals surface area contributed by atoms with Gasteiger partial charge in [-0.05, 0) is 49.7 Å². The summed E-state index contributed by atoms with van der Waals surface area (Å²) in [5.41, 5.74) is 0.558. The molecule has 2 rings (SSSR count). The largest absolute Gasteiger partial charge is 0.481 e. The minimum atomic E-state index is -0.813. The molecule has 6 heteroatoms. The lowest BCUT2D eigenvalue weighted by Crippen LogP contribution is -2.20. The van der Waals surface area contributed by atoms with Gasteiger partial charge in [0.05, 0.1) is 18.3 Å². The Labute approximate surface area is 171 Å². The standard InChI is InChI=1S/C23H31FO5/c24-20-9-6-5-7-16(20)11-12-17(25)13-14-19-18(21(26)15-22(19)27)8-3-1-2-4-10-23(28)29/h1,3,5-7,9,13-14,17-19,21-22,25-27H,2,4,8,10-12,15H2,(H,28,29)/t17-,18+,19+,21-,22+/m0/s1.